The highest BCUT2D eigenvalue weighted by Crippen LogP contribution is 2.33. The molecule has 0 bridgehead atoms. The molecule has 1 aromatic carbocycles. The fourth-order valence-corrected chi connectivity index (χ4v) is 3.27. The molecule has 96 valence electrons. The fourth-order valence-electron chi connectivity index (χ4n) is 2.20. The Bertz CT molecular complexity index is 658. The molecule has 1 aliphatic heterocycles. The second-order valence-electron chi connectivity index (χ2n) is 4.56. The standard InChI is InChI=1S/C15H14N2OS/c1-10-8-12-15(19-10)14(11-6-4-3-5-7-11)16-9-13(18)17(12)2/h3-8H,9H2,1-2H3. The predicted octanol–water partition coefficient (Wildman–Crippen LogP) is 2.87. The number of hydrogen-bond acceptors (Lipinski definition) is 3. The van der Waals surface area contributed by atoms with Crippen LogP contribution in [-0.2, 0) is 4.79 Å². The summed E-state index contributed by atoms with van der Waals surface area (Å²) in [4.78, 5) is 20.5. The van der Waals surface area contributed by atoms with Gasteiger partial charge in [-0.05, 0) is 13.0 Å². The van der Waals surface area contributed by atoms with Crippen LogP contribution < -0.4 is 4.90 Å². The largest absolute Gasteiger partial charge is 0.312 e. The maximum Gasteiger partial charge on any atom is 0.248 e. The molecule has 1 aromatic heterocycles. The molecular formula is C15H14N2OS. The van der Waals surface area contributed by atoms with Crippen LogP contribution in [0.15, 0.2) is 41.4 Å². The van der Waals surface area contributed by atoms with Crippen molar-refractivity contribution in [3.05, 3.63) is 51.7 Å². The lowest BCUT2D eigenvalue weighted by molar-refractivity contribution is -0.116. The van der Waals surface area contributed by atoms with Gasteiger partial charge in [0.25, 0.3) is 0 Å². The molecule has 1 aliphatic rings. The smallest absolute Gasteiger partial charge is 0.248 e. The Kier molecular flexibility index (Phi) is 2.95. The second-order valence-corrected chi connectivity index (χ2v) is 5.81. The third kappa shape index (κ3) is 2.08. The molecule has 4 heteroatoms. The summed E-state index contributed by atoms with van der Waals surface area (Å²) < 4.78 is 0. The van der Waals surface area contributed by atoms with Crippen molar-refractivity contribution in [3.63, 3.8) is 0 Å². The van der Waals surface area contributed by atoms with Crippen LogP contribution in [0.4, 0.5) is 5.69 Å². The van der Waals surface area contributed by atoms with Crippen LogP contribution in [0.3, 0.4) is 0 Å². The number of aryl methyl sites for hydroxylation is 1. The lowest BCUT2D eigenvalue weighted by atomic mass is 10.1. The van der Waals surface area contributed by atoms with Gasteiger partial charge in [-0.25, -0.2) is 0 Å². The Labute approximate surface area is 116 Å². The van der Waals surface area contributed by atoms with Gasteiger partial charge in [0, 0.05) is 17.5 Å². The minimum atomic E-state index is 0.0324. The maximum atomic E-state index is 12.0. The van der Waals surface area contributed by atoms with Gasteiger partial charge in [0.2, 0.25) is 5.91 Å². The van der Waals surface area contributed by atoms with Crippen molar-refractivity contribution in [1.82, 2.24) is 0 Å². The Morgan fingerprint density at radius 2 is 2.00 bits per heavy atom. The normalized spacial score (nSPS) is 14.9. The van der Waals surface area contributed by atoms with Crippen LogP contribution in [0.2, 0.25) is 0 Å². The zero-order chi connectivity index (χ0) is 13.4. The highest BCUT2D eigenvalue weighted by molar-refractivity contribution is 7.15. The number of carbonyl (C=O) groups is 1. The van der Waals surface area contributed by atoms with Crippen LogP contribution in [0, 0.1) is 6.92 Å². The third-order valence-electron chi connectivity index (χ3n) is 3.21. The number of rotatable bonds is 1. The summed E-state index contributed by atoms with van der Waals surface area (Å²) in [5.74, 6) is 0.0324. The molecule has 0 radical (unpaired) electrons. The predicted molar refractivity (Wildman–Crippen MR) is 79.4 cm³/mol. The van der Waals surface area contributed by atoms with E-state index in [-0.39, 0.29) is 12.5 Å². The van der Waals surface area contributed by atoms with Gasteiger partial charge in [-0.15, -0.1) is 11.3 Å². The number of thiophene rings is 1. The van der Waals surface area contributed by atoms with E-state index in [1.165, 1.54) is 4.88 Å². The van der Waals surface area contributed by atoms with Crippen LogP contribution in [-0.4, -0.2) is 25.2 Å². The summed E-state index contributed by atoms with van der Waals surface area (Å²) in [7, 11) is 1.82. The van der Waals surface area contributed by atoms with E-state index in [2.05, 4.69) is 18.0 Å². The fraction of sp³-hybridized carbons (Fsp3) is 0.200. The monoisotopic (exact) mass is 270 g/mol. The summed E-state index contributed by atoms with van der Waals surface area (Å²) in [6.07, 6.45) is 0. The topological polar surface area (TPSA) is 32.7 Å². The number of nitrogens with zero attached hydrogens (tertiary/aromatic N) is 2. The Hall–Kier alpha value is -1.94. The zero-order valence-corrected chi connectivity index (χ0v) is 11.7. The molecule has 0 atom stereocenters. The molecule has 0 unspecified atom stereocenters. The molecule has 2 aromatic rings. The van der Waals surface area contributed by atoms with Crippen LogP contribution in [0.5, 0.6) is 0 Å². The van der Waals surface area contributed by atoms with Gasteiger partial charge >= 0.3 is 0 Å². The number of carbonyl (C=O) groups excluding carboxylic acids is 1. The molecule has 3 nitrogen and oxygen atoms in total. The van der Waals surface area contributed by atoms with Crippen molar-refractivity contribution in [3.8, 4) is 0 Å². The van der Waals surface area contributed by atoms with Crippen molar-refractivity contribution < 1.29 is 4.79 Å². The van der Waals surface area contributed by atoms with Crippen LogP contribution >= 0.6 is 11.3 Å². The molecule has 0 spiro atoms. The summed E-state index contributed by atoms with van der Waals surface area (Å²) in [6.45, 7) is 2.27. The van der Waals surface area contributed by atoms with Crippen molar-refractivity contribution >= 4 is 28.6 Å². The first-order valence-corrected chi connectivity index (χ1v) is 6.95. The van der Waals surface area contributed by atoms with E-state index in [0.29, 0.717) is 0 Å². The lowest BCUT2D eigenvalue weighted by Crippen LogP contribution is -2.27. The molecule has 1 amide bonds. The number of benzene rings is 1. The average Bonchev–Trinajstić information content (AvgIpc) is 2.76. The number of amides is 1. The molecule has 0 N–H and O–H groups in total. The Balaban J connectivity index is 2.20. The number of hydrogen-bond donors (Lipinski definition) is 0. The molecule has 0 saturated heterocycles. The highest BCUT2D eigenvalue weighted by Gasteiger charge is 2.24. The lowest BCUT2D eigenvalue weighted by Gasteiger charge is -2.13. The first kappa shape index (κ1) is 12.1. The number of aliphatic imine (C=N–C) groups is 1. The van der Waals surface area contributed by atoms with Gasteiger partial charge in [-0.3, -0.25) is 9.79 Å². The molecule has 2 heterocycles. The van der Waals surface area contributed by atoms with Crippen molar-refractivity contribution in [1.29, 1.82) is 0 Å². The van der Waals surface area contributed by atoms with E-state index in [1.807, 2.05) is 37.4 Å². The first-order valence-electron chi connectivity index (χ1n) is 6.14. The minimum Gasteiger partial charge on any atom is -0.312 e. The quantitative estimate of drug-likeness (QED) is 0.784. The van der Waals surface area contributed by atoms with E-state index >= 15 is 0 Å². The summed E-state index contributed by atoms with van der Waals surface area (Å²) in [5.41, 5.74) is 2.95. The van der Waals surface area contributed by atoms with E-state index in [4.69, 9.17) is 0 Å². The van der Waals surface area contributed by atoms with Gasteiger partial charge < -0.3 is 4.90 Å². The van der Waals surface area contributed by atoms with Crippen molar-refractivity contribution in [2.45, 2.75) is 6.92 Å². The third-order valence-corrected chi connectivity index (χ3v) is 4.25. The van der Waals surface area contributed by atoms with E-state index < -0.39 is 0 Å². The SMILES string of the molecule is Cc1cc2c(s1)C(c1ccccc1)=NCC(=O)N2C. The highest BCUT2D eigenvalue weighted by atomic mass is 32.1. The van der Waals surface area contributed by atoms with Crippen molar-refractivity contribution in [2.75, 3.05) is 18.5 Å². The van der Waals surface area contributed by atoms with E-state index in [1.54, 1.807) is 16.2 Å². The summed E-state index contributed by atoms with van der Waals surface area (Å²) >= 11 is 1.69. The van der Waals surface area contributed by atoms with Crippen LogP contribution in [0.1, 0.15) is 15.3 Å². The van der Waals surface area contributed by atoms with E-state index in [9.17, 15) is 4.79 Å². The van der Waals surface area contributed by atoms with Crippen LogP contribution in [0.25, 0.3) is 0 Å². The molecule has 3 rings (SSSR count). The van der Waals surface area contributed by atoms with Gasteiger partial charge in [-0.2, -0.15) is 0 Å². The first-order chi connectivity index (χ1) is 9.16. The van der Waals surface area contributed by atoms with Crippen molar-refractivity contribution in [2.24, 2.45) is 4.99 Å². The summed E-state index contributed by atoms with van der Waals surface area (Å²) in [5, 5.41) is 0. The van der Waals surface area contributed by atoms with Gasteiger partial charge in [0.05, 0.1) is 16.3 Å². The van der Waals surface area contributed by atoms with Gasteiger partial charge in [0.1, 0.15) is 6.54 Å². The van der Waals surface area contributed by atoms with Gasteiger partial charge in [-0.1, -0.05) is 30.3 Å². The molecule has 0 saturated carbocycles. The molecule has 0 fully saturated rings. The minimum absolute atomic E-state index is 0.0324. The maximum absolute atomic E-state index is 12.0. The van der Waals surface area contributed by atoms with Gasteiger partial charge in [0.15, 0.2) is 0 Å². The molecular weight excluding hydrogens is 256 g/mol. The number of anilines is 1. The summed E-state index contributed by atoms with van der Waals surface area (Å²) in [6, 6.07) is 12.1. The Morgan fingerprint density at radius 1 is 1.26 bits per heavy atom. The Morgan fingerprint density at radius 3 is 2.74 bits per heavy atom. The van der Waals surface area contributed by atoms with E-state index in [0.717, 1.165) is 21.8 Å². The number of likely N-dealkylation sites (N-methyl/N-ethyl adjacent to an activating group) is 1. The molecule has 19 heavy (non-hydrogen) atoms. The second kappa shape index (κ2) is 4.63. The zero-order valence-electron chi connectivity index (χ0n) is 10.9. The molecule has 0 aliphatic carbocycles. The number of fused-ring (bicyclic) bond motifs is 1. The average molecular weight is 270 g/mol.